The number of ether oxygens (including phenoxy) is 1. The highest BCUT2D eigenvalue weighted by Crippen LogP contribution is 2.36. The normalized spacial score (nSPS) is 10.5. The number of unbranched alkanes of at least 4 members (excludes halogenated alkanes) is 3. The van der Waals surface area contributed by atoms with Gasteiger partial charge in [0.25, 0.3) is 0 Å². The van der Waals surface area contributed by atoms with E-state index in [1.54, 1.807) is 24.3 Å². The molecular formula is C18H21NO4. The lowest BCUT2D eigenvalue weighted by molar-refractivity contribution is -0.385. The second-order valence-corrected chi connectivity index (χ2v) is 5.44. The van der Waals surface area contributed by atoms with E-state index in [1.807, 2.05) is 6.07 Å². The van der Waals surface area contributed by atoms with Crippen LogP contribution in [0.15, 0.2) is 42.5 Å². The number of nitro benzene ring substituents is 1. The first-order valence-corrected chi connectivity index (χ1v) is 7.85. The van der Waals surface area contributed by atoms with Gasteiger partial charge in [-0.2, -0.15) is 0 Å². The van der Waals surface area contributed by atoms with E-state index < -0.39 is 4.92 Å². The summed E-state index contributed by atoms with van der Waals surface area (Å²) in [5, 5.41) is 21.1. The maximum Gasteiger partial charge on any atom is 0.311 e. The van der Waals surface area contributed by atoms with Gasteiger partial charge in [-0.1, -0.05) is 44.4 Å². The van der Waals surface area contributed by atoms with E-state index in [-0.39, 0.29) is 22.9 Å². The van der Waals surface area contributed by atoms with Crippen molar-refractivity contribution in [3.05, 3.63) is 58.1 Å². The number of aryl methyl sites for hydroxylation is 1. The molecule has 0 fully saturated rings. The summed E-state index contributed by atoms with van der Waals surface area (Å²) in [6.45, 7) is 2.17. The Morgan fingerprint density at radius 3 is 2.57 bits per heavy atom. The first kappa shape index (κ1) is 16.8. The lowest BCUT2D eigenvalue weighted by Crippen LogP contribution is -1.94. The van der Waals surface area contributed by atoms with Crippen LogP contribution in [0.3, 0.4) is 0 Å². The first-order chi connectivity index (χ1) is 11.1. The van der Waals surface area contributed by atoms with Crippen LogP contribution in [0.5, 0.6) is 17.2 Å². The highest BCUT2D eigenvalue weighted by atomic mass is 16.6. The number of para-hydroxylation sites is 2. The first-order valence-electron chi connectivity index (χ1n) is 7.85. The Labute approximate surface area is 135 Å². The van der Waals surface area contributed by atoms with Crippen LogP contribution in [0.1, 0.15) is 38.2 Å². The molecule has 2 aromatic carbocycles. The van der Waals surface area contributed by atoms with Crippen molar-refractivity contribution in [3.8, 4) is 17.2 Å². The van der Waals surface area contributed by atoms with Crippen molar-refractivity contribution in [2.24, 2.45) is 0 Å². The van der Waals surface area contributed by atoms with E-state index in [0.29, 0.717) is 0 Å². The molecule has 0 radical (unpaired) electrons. The Balaban J connectivity index is 2.08. The average molecular weight is 315 g/mol. The molecule has 0 spiro atoms. The molecule has 0 aliphatic heterocycles. The molecule has 0 amide bonds. The van der Waals surface area contributed by atoms with Gasteiger partial charge in [-0.25, -0.2) is 0 Å². The molecule has 0 atom stereocenters. The molecule has 5 heteroatoms. The zero-order valence-electron chi connectivity index (χ0n) is 13.2. The summed E-state index contributed by atoms with van der Waals surface area (Å²) < 4.78 is 5.51. The summed E-state index contributed by atoms with van der Waals surface area (Å²) in [6, 6.07) is 11.3. The predicted molar refractivity (Wildman–Crippen MR) is 89.1 cm³/mol. The summed E-state index contributed by atoms with van der Waals surface area (Å²) in [7, 11) is 0. The quantitative estimate of drug-likeness (QED) is 0.412. The summed E-state index contributed by atoms with van der Waals surface area (Å²) in [5.41, 5.74) is 0.907. The fourth-order valence-corrected chi connectivity index (χ4v) is 2.37. The number of hydrogen-bond acceptors (Lipinski definition) is 4. The fourth-order valence-electron chi connectivity index (χ4n) is 2.37. The van der Waals surface area contributed by atoms with Crippen molar-refractivity contribution in [1.82, 2.24) is 0 Å². The maximum absolute atomic E-state index is 11.0. The molecule has 0 unspecified atom stereocenters. The largest absolute Gasteiger partial charge is 0.504 e. The van der Waals surface area contributed by atoms with Gasteiger partial charge in [0.1, 0.15) is 0 Å². The van der Waals surface area contributed by atoms with Crippen LogP contribution in [0.4, 0.5) is 5.69 Å². The maximum atomic E-state index is 11.0. The van der Waals surface area contributed by atoms with Crippen LogP contribution in [0.2, 0.25) is 0 Å². The van der Waals surface area contributed by atoms with Crippen molar-refractivity contribution >= 4 is 5.69 Å². The monoisotopic (exact) mass is 315 g/mol. The average Bonchev–Trinajstić information content (AvgIpc) is 2.54. The number of phenols is 1. The standard InChI is InChI=1S/C18H21NO4/c1-2-3-4-5-8-14-11-12-18(16(20)13-14)23-17-10-7-6-9-15(17)19(21)22/h6-7,9-13,20H,2-5,8H2,1H3. The van der Waals surface area contributed by atoms with Gasteiger partial charge in [-0.05, 0) is 36.6 Å². The molecular weight excluding hydrogens is 294 g/mol. The van der Waals surface area contributed by atoms with Crippen LogP contribution in [0.25, 0.3) is 0 Å². The number of hydrogen-bond donors (Lipinski definition) is 1. The number of rotatable bonds is 8. The molecule has 0 aliphatic carbocycles. The molecule has 122 valence electrons. The van der Waals surface area contributed by atoms with E-state index >= 15 is 0 Å². The zero-order chi connectivity index (χ0) is 16.7. The molecule has 2 rings (SSSR count). The summed E-state index contributed by atoms with van der Waals surface area (Å²) >= 11 is 0. The SMILES string of the molecule is CCCCCCc1ccc(Oc2ccccc2[N+](=O)[O-])c(O)c1. The fraction of sp³-hybridized carbons (Fsp3) is 0.333. The molecule has 1 N–H and O–H groups in total. The smallest absolute Gasteiger partial charge is 0.311 e. The molecule has 5 nitrogen and oxygen atoms in total. The molecule has 2 aromatic rings. The Morgan fingerprint density at radius 2 is 1.87 bits per heavy atom. The Morgan fingerprint density at radius 1 is 1.09 bits per heavy atom. The molecule has 0 aromatic heterocycles. The van der Waals surface area contributed by atoms with Crippen LogP contribution in [-0.4, -0.2) is 10.0 Å². The van der Waals surface area contributed by atoms with Gasteiger partial charge < -0.3 is 9.84 Å². The molecule has 23 heavy (non-hydrogen) atoms. The third kappa shape index (κ3) is 4.71. The Bertz CT molecular complexity index is 670. The van der Waals surface area contributed by atoms with Crippen LogP contribution in [0, 0.1) is 10.1 Å². The number of phenolic OH excluding ortho intramolecular Hbond substituents is 1. The van der Waals surface area contributed by atoms with Crippen LogP contribution >= 0.6 is 0 Å². The van der Waals surface area contributed by atoms with Gasteiger partial charge in [0.05, 0.1) is 4.92 Å². The zero-order valence-corrected chi connectivity index (χ0v) is 13.2. The third-order valence-corrected chi connectivity index (χ3v) is 3.62. The highest BCUT2D eigenvalue weighted by Gasteiger charge is 2.16. The summed E-state index contributed by atoms with van der Waals surface area (Å²) in [5.74, 6) is 0.330. The molecule has 0 heterocycles. The summed E-state index contributed by atoms with van der Waals surface area (Å²) in [4.78, 5) is 10.5. The number of aromatic hydroxyl groups is 1. The van der Waals surface area contributed by atoms with E-state index in [1.165, 1.54) is 31.4 Å². The summed E-state index contributed by atoms with van der Waals surface area (Å²) in [6.07, 6.45) is 5.56. The lowest BCUT2D eigenvalue weighted by atomic mass is 10.1. The molecule has 0 bridgehead atoms. The van der Waals surface area contributed by atoms with Gasteiger partial charge in [0.15, 0.2) is 11.5 Å². The van der Waals surface area contributed by atoms with Gasteiger partial charge in [-0.15, -0.1) is 0 Å². The minimum Gasteiger partial charge on any atom is -0.504 e. The molecule has 0 aliphatic rings. The van der Waals surface area contributed by atoms with Crippen LogP contribution in [-0.2, 0) is 6.42 Å². The van der Waals surface area contributed by atoms with Crippen molar-refractivity contribution in [2.45, 2.75) is 39.0 Å². The minimum absolute atomic E-state index is 0.00357. The lowest BCUT2D eigenvalue weighted by Gasteiger charge is -2.09. The topological polar surface area (TPSA) is 72.6 Å². The second kappa shape index (κ2) is 8.17. The van der Waals surface area contributed by atoms with Crippen molar-refractivity contribution in [3.63, 3.8) is 0 Å². The molecule has 0 saturated heterocycles. The minimum atomic E-state index is -0.505. The second-order valence-electron chi connectivity index (χ2n) is 5.44. The van der Waals surface area contributed by atoms with Gasteiger partial charge in [0, 0.05) is 6.07 Å². The number of nitro groups is 1. The molecule has 0 saturated carbocycles. The van der Waals surface area contributed by atoms with Crippen molar-refractivity contribution < 1.29 is 14.8 Å². The predicted octanol–water partition coefficient (Wildman–Crippen LogP) is 5.22. The Kier molecular flexibility index (Phi) is 5.97. The van der Waals surface area contributed by atoms with Crippen molar-refractivity contribution in [1.29, 1.82) is 0 Å². The van der Waals surface area contributed by atoms with E-state index in [9.17, 15) is 15.2 Å². The van der Waals surface area contributed by atoms with Gasteiger partial charge in [0.2, 0.25) is 5.75 Å². The van der Waals surface area contributed by atoms with E-state index in [0.717, 1.165) is 18.4 Å². The number of benzene rings is 2. The Hall–Kier alpha value is -2.56. The highest BCUT2D eigenvalue weighted by molar-refractivity contribution is 5.51. The van der Waals surface area contributed by atoms with Crippen molar-refractivity contribution in [2.75, 3.05) is 0 Å². The van der Waals surface area contributed by atoms with E-state index in [2.05, 4.69) is 6.92 Å². The van der Waals surface area contributed by atoms with Gasteiger partial charge >= 0.3 is 5.69 Å². The van der Waals surface area contributed by atoms with Crippen LogP contribution < -0.4 is 4.74 Å². The third-order valence-electron chi connectivity index (χ3n) is 3.62. The van der Waals surface area contributed by atoms with Gasteiger partial charge in [-0.3, -0.25) is 10.1 Å². The number of nitrogens with zero attached hydrogens (tertiary/aromatic N) is 1. The van der Waals surface area contributed by atoms with E-state index in [4.69, 9.17) is 4.74 Å².